The summed E-state index contributed by atoms with van der Waals surface area (Å²) in [5, 5.41) is 6.43. The Balaban J connectivity index is 1.88. The highest BCUT2D eigenvalue weighted by Crippen LogP contribution is 2.25. The van der Waals surface area contributed by atoms with Crippen LogP contribution in [0.4, 0.5) is 4.79 Å². The van der Waals surface area contributed by atoms with E-state index in [1.165, 1.54) is 0 Å². The van der Waals surface area contributed by atoms with E-state index >= 15 is 0 Å². The second-order valence-corrected chi connectivity index (χ2v) is 4.23. The Morgan fingerprint density at radius 2 is 2.11 bits per heavy atom. The molecule has 1 atom stereocenters. The standard InChI is InChI=1S/C13H14N4O/c18-13-15-9-12(11-5-2-1-3-6-11)17(13)16-8-4-7-14-10-16/h1-7,10,12H,8-9H2,(H,15,18). The predicted molar refractivity (Wildman–Crippen MR) is 68.8 cm³/mol. The minimum Gasteiger partial charge on any atom is -0.334 e. The van der Waals surface area contributed by atoms with E-state index in [-0.39, 0.29) is 12.1 Å². The molecule has 2 heterocycles. The summed E-state index contributed by atoms with van der Waals surface area (Å²) < 4.78 is 0. The summed E-state index contributed by atoms with van der Waals surface area (Å²) in [5.41, 5.74) is 1.12. The van der Waals surface area contributed by atoms with Crippen LogP contribution >= 0.6 is 0 Å². The number of benzene rings is 1. The van der Waals surface area contributed by atoms with Crippen LogP contribution in [0.25, 0.3) is 0 Å². The first-order valence-electron chi connectivity index (χ1n) is 5.93. The SMILES string of the molecule is O=C1NCC(c2ccccc2)N1N1C=NC=CC1. The fraction of sp³-hybridized carbons (Fsp3) is 0.231. The highest BCUT2D eigenvalue weighted by Gasteiger charge is 2.35. The van der Waals surface area contributed by atoms with E-state index in [2.05, 4.69) is 10.3 Å². The number of urea groups is 1. The first-order valence-corrected chi connectivity index (χ1v) is 5.93. The molecular formula is C13H14N4O. The molecule has 0 spiro atoms. The number of hydrazine groups is 1. The highest BCUT2D eigenvalue weighted by molar-refractivity contribution is 5.79. The summed E-state index contributed by atoms with van der Waals surface area (Å²) in [5.74, 6) is 0. The fourth-order valence-electron chi connectivity index (χ4n) is 2.25. The monoisotopic (exact) mass is 242 g/mol. The van der Waals surface area contributed by atoms with Crippen LogP contribution in [0.5, 0.6) is 0 Å². The van der Waals surface area contributed by atoms with Crippen LogP contribution < -0.4 is 5.32 Å². The Kier molecular flexibility index (Phi) is 2.72. The number of carbonyl (C=O) groups is 1. The normalized spacial score (nSPS) is 22.4. The molecule has 18 heavy (non-hydrogen) atoms. The molecule has 2 amide bonds. The number of hydrogen-bond donors (Lipinski definition) is 1. The van der Waals surface area contributed by atoms with Gasteiger partial charge in [-0.05, 0) is 11.6 Å². The summed E-state index contributed by atoms with van der Waals surface area (Å²) in [6, 6.07) is 9.97. The second kappa shape index (κ2) is 4.52. The van der Waals surface area contributed by atoms with Crippen LogP contribution in [0, 0.1) is 0 Å². The first kappa shape index (κ1) is 10.8. The number of nitrogens with zero attached hydrogens (tertiary/aromatic N) is 3. The Hall–Kier alpha value is -2.30. The molecule has 1 saturated heterocycles. The van der Waals surface area contributed by atoms with Crippen molar-refractivity contribution >= 4 is 12.4 Å². The number of aliphatic imine (C=N–C) groups is 1. The van der Waals surface area contributed by atoms with Crippen LogP contribution in [-0.2, 0) is 0 Å². The summed E-state index contributed by atoms with van der Waals surface area (Å²) >= 11 is 0. The van der Waals surface area contributed by atoms with Gasteiger partial charge in [0.25, 0.3) is 0 Å². The molecule has 0 aromatic heterocycles. The van der Waals surface area contributed by atoms with Crippen molar-refractivity contribution < 1.29 is 4.79 Å². The molecule has 92 valence electrons. The molecule has 0 radical (unpaired) electrons. The zero-order valence-corrected chi connectivity index (χ0v) is 9.86. The minimum atomic E-state index is -0.0781. The maximum Gasteiger partial charge on any atom is 0.336 e. The van der Waals surface area contributed by atoms with Crippen molar-refractivity contribution in [3.63, 3.8) is 0 Å². The van der Waals surface area contributed by atoms with Crippen LogP contribution in [0.15, 0.2) is 47.6 Å². The topological polar surface area (TPSA) is 47.9 Å². The number of nitrogens with one attached hydrogen (secondary N) is 1. The third-order valence-corrected chi connectivity index (χ3v) is 3.09. The maximum atomic E-state index is 11.9. The van der Waals surface area contributed by atoms with Crippen molar-refractivity contribution in [3.8, 4) is 0 Å². The number of carbonyl (C=O) groups excluding carboxylic acids is 1. The van der Waals surface area contributed by atoms with E-state index in [0.29, 0.717) is 13.1 Å². The van der Waals surface area contributed by atoms with Gasteiger partial charge in [-0.1, -0.05) is 30.3 Å². The molecule has 1 aromatic rings. The van der Waals surface area contributed by atoms with Gasteiger partial charge in [-0.3, -0.25) is 5.01 Å². The van der Waals surface area contributed by atoms with Gasteiger partial charge in [0.15, 0.2) is 0 Å². The van der Waals surface area contributed by atoms with E-state index in [1.807, 2.05) is 41.4 Å². The van der Waals surface area contributed by atoms with Gasteiger partial charge >= 0.3 is 6.03 Å². The van der Waals surface area contributed by atoms with Crippen LogP contribution in [0.1, 0.15) is 11.6 Å². The fourth-order valence-corrected chi connectivity index (χ4v) is 2.25. The van der Waals surface area contributed by atoms with Crippen molar-refractivity contribution in [2.75, 3.05) is 13.1 Å². The molecule has 5 nitrogen and oxygen atoms in total. The molecule has 1 N–H and O–H groups in total. The number of hydrogen-bond acceptors (Lipinski definition) is 3. The van der Waals surface area contributed by atoms with E-state index in [9.17, 15) is 4.79 Å². The largest absolute Gasteiger partial charge is 0.336 e. The lowest BCUT2D eigenvalue weighted by atomic mass is 10.1. The Morgan fingerprint density at radius 3 is 2.83 bits per heavy atom. The molecule has 0 aliphatic carbocycles. The molecule has 1 unspecified atom stereocenters. The summed E-state index contributed by atoms with van der Waals surface area (Å²) in [4.78, 5) is 16.0. The highest BCUT2D eigenvalue weighted by atomic mass is 16.2. The van der Waals surface area contributed by atoms with Crippen molar-refractivity contribution in [3.05, 3.63) is 48.2 Å². The smallest absolute Gasteiger partial charge is 0.334 e. The van der Waals surface area contributed by atoms with Crippen molar-refractivity contribution in [2.45, 2.75) is 6.04 Å². The molecule has 2 aliphatic rings. The lowest BCUT2D eigenvalue weighted by molar-refractivity contribution is 0.0807. The third-order valence-electron chi connectivity index (χ3n) is 3.09. The lowest BCUT2D eigenvalue weighted by Gasteiger charge is -2.33. The molecule has 0 bridgehead atoms. The van der Waals surface area contributed by atoms with E-state index in [0.717, 1.165) is 5.56 Å². The summed E-state index contributed by atoms with van der Waals surface area (Å²) in [6.07, 6.45) is 5.34. The van der Waals surface area contributed by atoms with E-state index in [4.69, 9.17) is 0 Å². The lowest BCUT2D eigenvalue weighted by Crippen LogP contribution is -2.45. The maximum absolute atomic E-state index is 11.9. The average Bonchev–Trinajstić information content (AvgIpc) is 2.83. The molecule has 2 aliphatic heterocycles. The van der Waals surface area contributed by atoms with Crippen LogP contribution in [-0.4, -0.2) is 35.5 Å². The van der Waals surface area contributed by atoms with Gasteiger partial charge < -0.3 is 5.32 Å². The van der Waals surface area contributed by atoms with Crippen molar-refractivity contribution in [1.82, 2.24) is 15.3 Å². The third kappa shape index (κ3) is 1.84. The predicted octanol–water partition coefficient (Wildman–Crippen LogP) is 1.53. The molecule has 1 aromatic carbocycles. The van der Waals surface area contributed by atoms with Crippen molar-refractivity contribution in [1.29, 1.82) is 0 Å². The summed E-state index contributed by atoms with van der Waals surface area (Å²) in [7, 11) is 0. The number of amides is 2. The van der Waals surface area contributed by atoms with Crippen LogP contribution in [0.3, 0.4) is 0 Å². The number of rotatable bonds is 2. The quantitative estimate of drug-likeness (QED) is 0.854. The average molecular weight is 242 g/mol. The van der Waals surface area contributed by atoms with Gasteiger partial charge in [-0.2, -0.15) is 0 Å². The van der Waals surface area contributed by atoms with Gasteiger partial charge in [0.2, 0.25) is 0 Å². The minimum absolute atomic E-state index is 0.0247. The van der Waals surface area contributed by atoms with Crippen LogP contribution in [0.2, 0.25) is 0 Å². The van der Waals surface area contributed by atoms with Gasteiger partial charge in [-0.15, -0.1) is 0 Å². The van der Waals surface area contributed by atoms with Gasteiger partial charge in [0, 0.05) is 12.7 Å². The Bertz CT molecular complexity index is 497. The molecule has 5 heteroatoms. The van der Waals surface area contributed by atoms with E-state index in [1.54, 1.807) is 17.5 Å². The molecular weight excluding hydrogens is 228 g/mol. The van der Waals surface area contributed by atoms with Crippen molar-refractivity contribution in [2.24, 2.45) is 4.99 Å². The van der Waals surface area contributed by atoms with Gasteiger partial charge in [0.05, 0.1) is 12.6 Å². The zero-order chi connectivity index (χ0) is 12.4. The Morgan fingerprint density at radius 1 is 1.28 bits per heavy atom. The molecule has 0 saturated carbocycles. The molecule has 3 rings (SSSR count). The van der Waals surface area contributed by atoms with E-state index < -0.39 is 0 Å². The first-order chi connectivity index (χ1) is 8.86. The Labute approximate surface area is 105 Å². The summed E-state index contributed by atoms with van der Waals surface area (Å²) in [6.45, 7) is 1.29. The van der Waals surface area contributed by atoms with Gasteiger partial charge in [0.1, 0.15) is 6.34 Å². The second-order valence-electron chi connectivity index (χ2n) is 4.23. The molecule has 1 fully saturated rings. The zero-order valence-electron chi connectivity index (χ0n) is 9.86. The van der Waals surface area contributed by atoms with Gasteiger partial charge in [-0.25, -0.2) is 14.8 Å².